The van der Waals surface area contributed by atoms with Gasteiger partial charge in [-0.2, -0.15) is 0 Å². The first-order chi connectivity index (χ1) is 11.3. The molecule has 1 aliphatic heterocycles. The summed E-state index contributed by atoms with van der Waals surface area (Å²) >= 11 is 0. The summed E-state index contributed by atoms with van der Waals surface area (Å²) in [5.41, 5.74) is 4.12. The predicted octanol–water partition coefficient (Wildman–Crippen LogP) is 2.54. The van der Waals surface area contributed by atoms with Crippen LogP contribution in [0.1, 0.15) is 23.1 Å². The second-order valence-electron chi connectivity index (χ2n) is 6.38. The van der Waals surface area contributed by atoms with Crippen LogP contribution in [0.2, 0.25) is 0 Å². The Kier molecular flexibility index (Phi) is 5.72. The molecule has 0 unspecified atom stereocenters. The molecule has 0 N–H and O–H groups in total. The maximum absolute atomic E-state index is 4.24. The molecule has 0 bridgehead atoms. The highest BCUT2D eigenvalue weighted by Gasteiger charge is 2.16. The van der Waals surface area contributed by atoms with E-state index in [0.29, 0.717) is 0 Å². The van der Waals surface area contributed by atoms with Crippen LogP contribution in [0.5, 0.6) is 0 Å². The lowest BCUT2D eigenvalue weighted by molar-refractivity contribution is 0.126. The monoisotopic (exact) mass is 310 g/mol. The smallest absolute Gasteiger partial charge is 0.0302 e. The van der Waals surface area contributed by atoms with Gasteiger partial charge in [0.15, 0.2) is 0 Å². The Hall–Kier alpha value is -1.78. The van der Waals surface area contributed by atoms with Gasteiger partial charge in [0.25, 0.3) is 0 Å². The fraction of sp³-hybridized carbons (Fsp3) is 0.474. The van der Waals surface area contributed by atoms with E-state index in [1.165, 1.54) is 42.7 Å². The van der Waals surface area contributed by atoms with Crippen molar-refractivity contribution in [3.63, 3.8) is 0 Å². The van der Waals surface area contributed by atoms with Crippen molar-refractivity contribution in [3.05, 3.63) is 59.7 Å². The summed E-state index contributed by atoms with van der Waals surface area (Å²) < 4.78 is 0. The van der Waals surface area contributed by atoms with E-state index in [2.05, 4.69) is 44.9 Å². The molecule has 1 saturated heterocycles. The van der Waals surface area contributed by atoms with Crippen molar-refractivity contribution in [2.24, 2.45) is 0 Å². The zero-order valence-electron chi connectivity index (χ0n) is 14.0. The average Bonchev–Trinajstić information content (AvgIpc) is 2.59. The molecule has 0 spiro atoms. The van der Waals surface area contributed by atoms with E-state index < -0.39 is 0 Å². The van der Waals surface area contributed by atoms with Gasteiger partial charge in [-0.05, 0) is 61.2 Å². The molecule has 0 radical (unpaired) electrons. The van der Waals surface area contributed by atoms with Gasteiger partial charge in [-0.1, -0.05) is 0 Å². The fourth-order valence-corrected chi connectivity index (χ4v) is 3.17. The first-order valence-corrected chi connectivity index (χ1v) is 8.54. The second-order valence-corrected chi connectivity index (χ2v) is 6.38. The van der Waals surface area contributed by atoms with E-state index in [1.54, 1.807) is 0 Å². The first kappa shape index (κ1) is 16.1. The topological polar surface area (TPSA) is 32.3 Å². The Bertz CT molecular complexity index is 591. The van der Waals surface area contributed by atoms with E-state index in [1.807, 2.05) is 24.8 Å². The summed E-state index contributed by atoms with van der Waals surface area (Å²) in [7, 11) is 0. The number of hydrogen-bond acceptors (Lipinski definition) is 4. The lowest BCUT2D eigenvalue weighted by Gasteiger charge is -2.34. The number of aryl methyl sites for hydroxylation is 2. The van der Waals surface area contributed by atoms with Crippen LogP contribution in [0.15, 0.2) is 43.0 Å². The predicted molar refractivity (Wildman–Crippen MR) is 93.2 cm³/mol. The quantitative estimate of drug-likeness (QED) is 0.821. The van der Waals surface area contributed by atoms with E-state index >= 15 is 0 Å². The largest absolute Gasteiger partial charge is 0.301 e. The molecule has 1 fully saturated rings. The van der Waals surface area contributed by atoms with Crippen LogP contribution < -0.4 is 0 Å². The summed E-state index contributed by atoms with van der Waals surface area (Å²) in [5, 5.41) is 0. The second kappa shape index (κ2) is 8.18. The SMILES string of the molecule is Cc1ccncc1CCCN1CCN(Cc2ccncc2)CC1. The van der Waals surface area contributed by atoms with Gasteiger partial charge in [-0.3, -0.25) is 14.9 Å². The third-order valence-electron chi connectivity index (χ3n) is 4.69. The minimum Gasteiger partial charge on any atom is -0.301 e. The zero-order chi connectivity index (χ0) is 15.9. The molecule has 122 valence electrons. The summed E-state index contributed by atoms with van der Waals surface area (Å²) in [6.07, 6.45) is 10.0. The van der Waals surface area contributed by atoms with Crippen molar-refractivity contribution in [1.29, 1.82) is 0 Å². The third-order valence-corrected chi connectivity index (χ3v) is 4.69. The van der Waals surface area contributed by atoms with E-state index in [0.717, 1.165) is 26.1 Å². The molecule has 3 heterocycles. The minimum atomic E-state index is 1.05. The number of rotatable bonds is 6. The molecular formula is C19H26N4. The van der Waals surface area contributed by atoms with Crippen LogP contribution in [-0.2, 0) is 13.0 Å². The van der Waals surface area contributed by atoms with Gasteiger partial charge in [0, 0.05) is 57.5 Å². The van der Waals surface area contributed by atoms with Gasteiger partial charge >= 0.3 is 0 Å². The first-order valence-electron chi connectivity index (χ1n) is 8.54. The molecule has 4 nitrogen and oxygen atoms in total. The molecule has 0 aliphatic carbocycles. The third kappa shape index (κ3) is 4.85. The fourth-order valence-electron chi connectivity index (χ4n) is 3.17. The molecule has 23 heavy (non-hydrogen) atoms. The van der Waals surface area contributed by atoms with Crippen molar-refractivity contribution in [2.75, 3.05) is 32.7 Å². The molecular weight excluding hydrogens is 284 g/mol. The summed E-state index contributed by atoms with van der Waals surface area (Å²) in [6, 6.07) is 6.33. The number of hydrogen-bond donors (Lipinski definition) is 0. The molecule has 4 heteroatoms. The number of pyridine rings is 2. The van der Waals surface area contributed by atoms with Crippen LogP contribution in [0.4, 0.5) is 0 Å². The van der Waals surface area contributed by atoms with Gasteiger partial charge in [-0.15, -0.1) is 0 Å². The van der Waals surface area contributed by atoms with Gasteiger partial charge in [0.05, 0.1) is 0 Å². The van der Waals surface area contributed by atoms with Crippen molar-refractivity contribution in [3.8, 4) is 0 Å². The maximum atomic E-state index is 4.24. The molecule has 0 atom stereocenters. The van der Waals surface area contributed by atoms with E-state index in [4.69, 9.17) is 0 Å². The Balaban J connectivity index is 1.37. The maximum Gasteiger partial charge on any atom is 0.0302 e. The molecule has 0 aromatic carbocycles. The van der Waals surface area contributed by atoms with Crippen molar-refractivity contribution in [1.82, 2.24) is 19.8 Å². The van der Waals surface area contributed by atoms with Crippen LogP contribution >= 0.6 is 0 Å². The normalized spacial score (nSPS) is 16.6. The van der Waals surface area contributed by atoms with Crippen molar-refractivity contribution in [2.45, 2.75) is 26.3 Å². The molecule has 0 saturated carbocycles. The molecule has 2 aromatic heterocycles. The number of aromatic nitrogens is 2. The number of piperazine rings is 1. The molecule has 3 rings (SSSR count). The summed E-state index contributed by atoms with van der Waals surface area (Å²) in [5.74, 6) is 0. The van der Waals surface area contributed by atoms with Crippen LogP contribution in [-0.4, -0.2) is 52.5 Å². The van der Waals surface area contributed by atoms with E-state index in [9.17, 15) is 0 Å². The zero-order valence-corrected chi connectivity index (χ0v) is 14.0. The van der Waals surface area contributed by atoms with Gasteiger partial charge < -0.3 is 4.90 Å². The van der Waals surface area contributed by atoms with Gasteiger partial charge in [-0.25, -0.2) is 0 Å². The summed E-state index contributed by atoms with van der Waals surface area (Å²) in [4.78, 5) is 13.5. The van der Waals surface area contributed by atoms with Gasteiger partial charge in [0.2, 0.25) is 0 Å². The van der Waals surface area contributed by atoms with Crippen molar-refractivity contribution < 1.29 is 0 Å². The molecule has 2 aromatic rings. The standard InChI is InChI=1S/C19H26N4/c1-17-4-7-21-15-19(17)3-2-10-22-11-13-23(14-12-22)16-18-5-8-20-9-6-18/h4-9,15H,2-3,10-14,16H2,1H3. The lowest BCUT2D eigenvalue weighted by Crippen LogP contribution is -2.46. The highest BCUT2D eigenvalue weighted by Crippen LogP contribution is 2.11. The van der Waals surface area contributed by atoms with Crippen LogP contribution in [0.25, 0.3) is 0 Å². The Labute approximate surface area is 139 Å². The molecule has 0 amide bonds. The van der Waals surface area contributed by atoms with Crippen molar-refractivity contribution >= 4 is 0 Å². The Morgan fingerprint density at radius 3 is 2.35 bits per heavy atom. The Morgan fingerprint density at radius 2 is 1.61 bits per heavy atom. The average molecular weight is 310 g/mol. The Morgan fingerprint density at radius 1 is 0.913 bits per heavy atom. The summed E-state index contributed by atoms with van der Waals surface area (Å²) in [6.45, 7) is 9.09. The molecule has 1 aliphatic rings. The lowest BCUT2D eigenvalue weighted by atomic mass is 10.1. The van der Waals surface area contributed by atoms with E-state index in [-0.39, 0.29) is 0 Å². The minimum absolute atomic E-state index is 1.05. The van der Waals surface area contributed by atoms with Crippen LogP contribution in [0.3, 0.4) is 0 Å². The van der Waals surface area contributed by atoms with Crippen LogP contribution in [0, 0.1) is 6.92 Å². The van der Waals surface area contributed by atoms with Gasteiger partial charge in [0.1, 0.15) is 0 Å². The highest BCUT2D eigenvalue weighted by molar-refractivity contribution is 5.21. The number of nitrogens with zero attached hydrogens (tertiary/aromatic N) is 4. The highest BCUT2D eigenvalue weighted by atomic mass is 15.3.